The molecule has 0 saturated heterocycles. The van der Waals surface area contributed by atoms with E-state index in [1.807, 2.05) is 36.4 Å². The molecule has 2 aromatic rings. The van der Waals surface area contributed by atoms with Crippen molar-refractivity contribution in [3.05, 3.63) is 50.6 Å². The quantitative estimate of drug-likeness (QED) is 0.767. The lowest BCUT2D eigenvalue weighted by atomic mass is 10.2. The molecular weight excluding hydrogens is 377 g/mol. The summed E-state index contributed by atoms with van der Waals surface area (Å²) in [6.07, 6.45) is 0. The molecule has 0 spiro atoms. The number of hydrogen-bond donors (Lipinski definition) is 2. The lowest BCUT2D eigenvalue weighted by Crippen LogP contribution is -2.00. The van der Waals surface area contributed by atoms with Gasteiger partial charge in [0.2, 0.25) is 0 Å². The van der Waals surface area contributed by atoms with Crippen LogP contribution in [-0.2, 0) is 6.54 Å². The molecule has 0 aliphatic heterocycles. The fourth-order valence-electron chi connectivity index (χ4n) is 1.66. The first-order chi connectivity index (χ1) is 9.10. The number of phenolic OH excluding ortho intramolecular Hbond substituents is 1. The molecule has 0 aliphatic carbocycles. The lowest BCUT2D eigenvalue weighted by molar-refractivity contribution is 0.371. The summed E-state index contributed by atoms with van der Waals surface area (Å²) in [6.45, 7) is 0.647. The maximum atomic E-state index is 9.77. The van der Waals surface area contributed by atoms with Gasteiger partial charge in [0, 0.05) is 17.3 Å². The van der Waals surface area contributed by atoms with E-state index >= 15 is 0 Å². The molecule has 100 valence electrons. The van der Waals surface area contributed by atoms with Crippen LogP contribution in [0.4, 0.5) is 5.69 Å². The Balaban J connectivity index is 2.11. The number of benzene rings is 2. The van der Waals surface area contributed by atoms with E-state index < -0.39 is 0 Å². The van der Waals surface area contributed by atoms with Gasteiger partial charge in [-0.3, -0.25) is 0 Å². The van der Waals surface area contributed by atoms with Gasteiger partial charge in [-0.15, -0.1) is 0 Å². The highest BCUT2D eigenvalue weighted by atomic mass is 127. The minimum Gasteiger partial charge on any atom is -0.504 e. The van der Waals surface area contributed by atoms with Crippen LogP contribution in [0.25, 0.3) is 0 Å². The second-order valence-electron chi connectivity index (χ2n) is 3.99. The van der Waals surface area contributed by atoms with Gasteiger partial charge in [0.1, 0.15) is 0 Å². The van der Waals surface area contributed by atoms with Crippen molar-refractivity contribution in [2.24, 2.45) is 0 Å². The highest BCUT2D eigenvalue weighted by Crippen LogP contribution is 2.32. The average molecular weight is 390 g/mol. The summed E-state index contributed by atoms with van der Waals surface area (Å²) < 4.78 is 5.90. The number of ether oxygens (including phenoxy) is 1. The number of anilines is 1. The van der Waals surface area contributed by atoms with Crippen LogP contribution in [0.1, 0.15) is 5.56 Å². The number of methoxy groups -OCH3 is 1. The van der Waals surface area contributed by atoms with Crippen LogP contribution >= 0.6 is 34.2 Å². The van der Waals surface area contributed by atoms with Crippen molar-refractivity contribution in [3.8, 4) is 11.5 Å². The normalized spacial score (nSPS) is 10.3. The third-order valence-corrected chi connectivity index (χ3v) is 3.72. The van der Waals surface area contributed by atoms with Crippen LogP contribution < -0.4 is 10.1 Å². The Labute approximate surface area is 130 Å². The second-order valence-corrected chi connectivity index (χ2v) is 5.59. The van der Waals surface area contributed by atoms with Crippen molar-refractivity contribution >= 4 is 39.9 Å². The number of aromatic hydroxyl groups is 1. The molecule has 5 heteroatoms. The molecular formula is C14H13ClINO2. The van der Waals surface area contributed by atoms with Gasteiger partial charge in [-0.05, 0) is 64.6 Å². The van der Waals surface area contributed by atoms with Crippen LogP contribution in [0.15, 0.2) is 36.4 Å². The van der Waals surface area contributed by atoms with Crippen molar-refractivity contribution in [3.63, 3.8) is 0 Å². The van der Waals surface area contributed by atoms with E-state index in [0.717, 1.165) is 14.8 Å². The standard InChI is InChI=1S/C14H13ClINO2/c1-19-13-7-9(6-12(16)14(13)18)8-17-11-4-2-10(15)3-5-11/h2-7,17-18H,8H2,1H3. The highest BCUT2D eigenvalue weighted by Gasteiger charge is 2.08. The fraction of sp³-hybridized carbons (Fsp3) is 0.143. The monoisotopic (exact) mass is 389 g/mol. The van der Waals surface area contributed by atoms with E-state index in [0.29, 0.717) is 17.3 Å². The molecule has 2 N–H and O–H groups in total. The van der Waals surface area contributed by atoms with Crippen LogP contribution in [0.2, 0.25) is 5.02 Å². The van der Waals surface area contributed by atoms with Gasteiger partial charge in [-0.1, -0.05) is 11.6 Å². The summed E-state index contributed by atoms with van der Waals surface area (Å²) in [4.78, 5) is 0. The number of hydrogen-bond acceptors (Lipinski definition) is 3. The Morgan fingerprint density at radius 3 is 2.58 bits per heavy atom. The number of phenols is 1. The largest absolute Gasteiger partial charge is 0.504 e. The van der Waals surface area contributed by atoms with Gasteiger partial charge in [-0.25, -0.2) is 0 Å². The molecule has 0 fully saturated rings. The smallest absolute Gasteiger partial charge is 0.171 e. The minimum absolute atomic E-state index is 0.179. The van der Waals surface area contributed by atoms with Crippen LogP contribution in [0, 0.1) is 3.57 Å². The molecule has 0 unspecified atom stereocenters. The average Bonchev–Trinajstić information content (AvgIpc) is 2.41. The molecule has 0 amide bonds. The van der Waals surface area contributed by atoms with E-state index in [4.69, 9.17) is 16.3 Å². The van der Waals surface area contributed by atoms with Gasteiger partial charge < -0.3 is 15.2 Å². The minimum atomic E-state index is 0.179. The molecule has 0 saturated carbocycles. The molecule has 0 radical (unpaired) electrons. The summed E-state index contributed by atoms with van der Waals surface area (Å²) >= 11 is 7.92. The molecule has 0 aliphatic rings. The third kappa shape index (κ3) is 3.67. The molecule has 0 aromatic heterocycles. The molecule has 0 bridgehead atoms. The zero-order valence-corrected chi connectivity index (χ0v) is 13.2. The number of nitrogens with one attached hydrogen (secondary N) is 1. The van der Waals surface area contributed by atoms with E-state index in [1.165, 1.54) is 0 Å². The molecule has 2 rings (SSSR count). The topological polar surface area (TPSA) is 41.5 Å². The lowest BCUT2D eigenvalue weighted by Gasteiger charge is -2.10. The van der Waals surface area contributed by atoms with Crippen molar-refractivity contribution in [2.75, 3.05) is 12.4 Å². The van der Waals surface area contributed by atoms with Crippen LogP contribution in [-0.4, -0.2) is 12.2 Å². The predicted molar refractivity (Wildman–Crippen MR) is 86.2 cm³/mol. The molecule has 0 atom stereocenters. The highest BCUT2D eigenvalue weighted by molar-refractivity contribution is 14.1. The summed E-state index contributed by atoms with van der Waals surface area (Å²) in [5.74, 6) is 0.665. The first-order valence-electron chi connectivity index (χ1n) is 5.65. The Morgan fingerprint density at radius 2 is 1.95 bits per heavy atom. The Kier molecular flexibility index (Phi) is 4.76. The Bertz CT molecular complexity index is 572. The van der Waals surface area contributed by atoms with Gasteiger partial charge in [0.05, 0.1) is 10.7 Å². The second kappa shape index (κ2) is 6.34. The molecule has 19 heavy (non-hydrogen) atoms. The summed E-state index contributed by atoms with van der Waals surface area (Å²) in [7, 11) is 1.54. The van der Waals surface area contributed by atoms with Gasteiger partial charge in [-0.2, -0.15) is 0 Å². The summed E-state index contributed by atoms with van der Waals surface area (Å²) in [6, 6.07) is 11.3. The maximum Gasteiger partial charge on any atom is 0.171 e. The third-order valence-electron chi connectivity index (χ3n) is 2.65. The first kappa shape index (κ1) is 14.3. The van der Waals surface area contributed by atoms with Crippen LogP contribution in [0.3, 0.4) is 0 Å². The zero-order valence-electron chi connectivity index (χ0n) is 10.3. The van der Waals surface area contributed by atoms with Crippen molar-refractivity contribution < 1.29 is 9.84 Å². The van der Waals surface area contributed by atoms with E-state index in [2.05, 4.69) is 27.9 Å². The van der Waals surface area contributed by atoms with Crippen molar-refractivity contribution in [1.29, 1.82) is 0 Å². The van der Waals surface area contributed by atoms with Gasteiger partial charge in [0.25, 0.3) is 0 Å². The predicted octanol–water partition coefficient (Wildman–Crippen LogP) is 4.27. The maximum absolute atomic E-state index is 9.77. The number of halogens is 2. The summed E-state index contributed by atoms with van der Waals surface area (Å²) in [5.41, 5.74) is 2.03. The van der Waals surface area contributed by atoms with Crippen LogP contribution in [0.5, 0.6) is 11.5 Å². The SMILES string of the molecule is COc1cc(CNc2ccc(Cl)cc2)cc(I)c1O. The van der Waals surface area contributed by atoms with Gasteiger partial charge >= 0.3 is 0 Å². The van der Waals surface area contributed by atoms with Crippen molar-refractivity contribution in [2.45, 2.75) is 6.54 Å². The van der Waals surface area contributed by atoms with Crippen molar-refractivity contribution in [1.82, 2.24) is 0 Å². The Morgan fingerprint density at radius 1 is 1.26 bits per heavy atom. The fourth-order valence-corrected chi connectivity index (χ4v) is 2.45. The van der Waals surface area contributed by atoms with E-state index in [-0.39, 0.29) is 5.75 Å². The molecule has 3 nitrogen and oxygen atoms in total. The molecule has 0 heterocycles. The molecule has 2 aromatic carbocycles. The van der Waals surface area contributed by atoms with E-state index in [1.54, 1.807) is 7.11 Å². The summed E-state index contributed by atoms with van der Waals surface area (Å²) in [5, 5.41) is 13.8. The van der Waals surface area contributed by atoms with E-state index in [9.17, 15) is 5.11 Å². The first-order valence-corrected chi connectivity index (χ1v) is 7.10. The zero-order chi connectivity index (χ0) is 13.8. The van der Waals surface area contributed by atoms with Gasteiger partial charge in [0.15, 0.2) is 11.5 Å². The Hall–Kier alpha value is -1.14. The number of rotatable bonds is 4.